The fraction of sp³-hybridized carbons (Fsp3) is 0.444. The number of carbonyl (C=O) groups is 3. The summed E-state index contributed by atoms with van der Waals surface area (Å²) in [6.45, 7) is 4.35. The third kappa shape index (κ3) is 4.99. The minimum Gasteiger partial charge on any atom is -0.509 e. The fourth-order valence-electron chi connectivity index (χ4n) is 5.53. The number of allylic oxidation sites excluding steroid dienone is 8. The van der Waals surface area contributed by atoms with Gasteiger partial charge in [-0.2, -0.15) is 0 Å². The molecule has 1 saturated carbocycles. The maximum absolute atomic E-state index is 12.7. The van der Waals surface area contributed by atoms with Gasteiger partial charge in [-0.05, 0) is 49.4 Å². The van der Waals surface area contributed by atoms with Gasteiger partial charge in [0, 0.05) is 19.0 Å². The van der Waals surface area contributed by atoms with Gasteiger partial charge in [0.15, 0.2) is 5.78 Å². The molecule has 1 fully saturated rings. The molecule has 0 spiro atoms. The van der Waals surface area contributed by atoms with Crippen LogP contribution in [0.4, 0.5) is 0 Å². The van der Waals surface area contributed by atoms with Crippen molar-refractivity contribution in [2.24, 2.45) is 23.7 Å². The smallest absolute Gasteiger partial charge is 0.259 e. The number of fused-ring (bicyclic) bond motifs is 4. The molecule has 0 saturated heterocycles. The number of rotatable bonds is 0. The second-order valence-electron chi connectivity index (χ2n) is 9.45. The summed E-state index contributed by atoms with van der Waals surface area (Å²) in [6, 6.07) is -1.05. The number of Topliss-reactive ketones (excluding diaryl/α,β-unsaturated/α-hetero) is 1. The summed E-state index contributed by atoms with van der Waals surface area (Å²) in [5.41, 5.74) is 0.886. The van der Waals surface area contributed by atoms with Crippen LogP contribution < -0.4 is 10.6 Å². The lowest BCUT2D eigenvalue weighted by Gasteiger charge is -2.19. The Labute approximate surface area is 199 Å². The van der Waals surface area contributed by atoms with Crippen LogP contribution >= 0.6 is 0 Å². The van der Waals surface area contributed by atoms with Crippen molar-refractivity contribution in [2.75, 3.05) is 6.54 Å². The van der Waals surface area contributed by atoms with E-state index in [0.717, 1.165) is 12.8 Å². The first-order valence-electron chi connectivity index (χ1n) is 12.0. The van der Waals surface area contributed by atoms with Crippen LogP contribution in [0.3, 0.4) is 0 Å². The fourth-order valence-corrected chi connectivity index (χ4v) is 5.53. The van der Waals surface area contributed by atoms with Gasteiger partial charge < -0.3 is 20.8 Å². The average Bonchev–Trinajstić information content (AvgIpc) is 3.43. The first-order chi connectivity index (χ1) is 16.4. The van der Waals surface area contributed by atoms with Crippen LogP contribution in [0, 0.1) is 23.7 Å². The van der Waals surface area contributed by atoms with E-state index in [9.17, 15) is 24.6 Å². The highest BCUT2D eigenvalue weighted by Gasteiger charge is 2.43. The molecule has 0 aromatic heterocycles. The van der Waals surface area contributed by atoms with E-state index in [1.807, 2.05) is 12.2 Å². The van der Waals surface area contributed by atoms with Gasteiger partial charge >= 0.3 is 0 Å². The lowest BCUT2D eigenvalue weighted by molar-refractivity contribution is -0.122. The van der Waals surface area contributed by atoms with Gasteiger partial charge in [-0.15, -0.1) is 0 Å². The molecule has 2 bridgehead atoms. The first-order valence-corrected chi connectivity index (χ1v) is 12.0. The van der Waals surface area contributed by atoms with Crippen LogP contribution in [0.25, 0.3) is 0 Å². The molecule has 0 aromatic carbocycles. The van der Waals surface area contributed by atoms with Crippen molar-refractivity contribution in [3.05, 3.63) is 72.1 Å². The molecule has 7 heteroatoms. The second-order valence-corrected chi connectivity index (χ2v) is 9.45. The third-order valence-corrected chi connectivity index (χ3v) is 7.34. The van der Waals surface area contributed by atoms with Crippen molar-refractivity contribution in [1.29, 1.82) is 0 Å². The maximum Gasteiger partial charge on any atom is 0.259 e. The molecule has 0 aromatic rings. The summed E-state index contributed by atoms with van der Waals surface area (Å²) >= 11 is 0. The normalized spacial score (nSPS) is 37.6. The largest absolute Gasteiger partial charge is 0.509 e. The van der Waals surface area contributed by atoms with Crippen molar-refractivity contribution in [2.45, 2.75) is 44.2 Å². The van der Waals surface area contributed by atoms with E-state index in [1.165, 1.54) is 11.6 Å². The van der Waals surface area contributed by atoms with E-state index in [1.54, 1.807) is 6.08 Å². The topological polar surface area (TPSA) is 116 Å². The van der Waals surface area contributed by atoms with Crippen molar-refractivity contribution in [1.82, 2.24) is 10.6 Å². The number of carbonyl (C=O) groups excluding carboxylic acids is 3. The van der Waals surface area contributed by atoms with Crippen LogP contribution in [0.2, 0.25) is 0 Å². The Bertz CT molecular complexity index is 1020. The molecule has 4 rings (SSSR count). The summed E-state index contributed by atoms with van der Waals surface area (Å²) in [7, 11) is 0. The first kappa shape index (κ1) is 24.0. The molecule has 7 nitrogen and oxygen atoms in total. The predicted molar refractivity (Wildman–Crippen MR) is 128 cm³/mol. The average molecular weight is 465 g/mol. The summed E-state index contributed by atoms with van der Waals surface area (Å²) in [5, 5.41) is 26.0. The summed E-state index contributed by atoms with van der Waals surface area (Å²) in [6.07, 6.45) is 17.1. The zero-order valence-corrected chi connectivity index (χ0v) is 19.2. The van der Waals surface area contributed by atoms with Crippen molar-refractivity contribution in [3.63, 3.8) is 0 Å². The van der Waals surface area contributed by atoms with E-state index in [2.05, 4.69) is 41.5 Å². The Morgan fingerprint density at radius 2 is 1.88 bits per heavy atom. The molecule has 0 radical (unpaired) electrons. The van der Waals surface area contributed by atoms with Crippen LogP contribution in [-0.4, -0.2) is 46.5 Å². The molecule has 2 amide bonds. The van der Waals surface area contributed by atoms with Crippen molar-refractivity contribution < 1.29 is 24.6 Å². The van der Waals surface area contributed by atoms with Gasteiger partial charge in [0.05, 0.1) is 6.10 Å². The monoisotopic (exact) mass is 464 g/mol. The predicted octanol–water partition coefficient (Wildman–Crippen LogP) is 2.58. The number of aliphatic hydroxyl groups is 2. The van der Waals surface area contributed by atoms with Crippen molar-refractivity contribution >= 4 is 17.6 Å². The Balaban J connectivity index is 1.53. The zero-order chi connectivity index (χ0) is 24.2. The van der Waals surface area contributed by atoms with E-state index >= 15 is 0 Å². The quantitative estimate of drug-likeness (QED) is 0.325. The van der Waals surface area contributed by atoms with Gasteiger partial charge in [-0.1, -0.05) is 54.7 Å². The van der Waals surface area contributed by atoms with Gasteiger partial charge in [0.2, 0.25) is 5.91 Å². The molecule has 4 N–H and O–H groups in total. The SMILES string of the molecule is C=C1C=C[C@@H]2[C@H]3C/C=C\C=C\C(=O)NCCC(O)C4NC(=O)C(=C4O)C(=O)CC/C=C/[C@@H]3C[C@H]12. The number of amides is 2. The Kier molecular flexibility index (Phi) is 7.32. The van der Waals surface area contributed by atoms with E-state index in [-0.39, 0.29) is 30.9 Å². The molecule has 4 aliphatic rings. The van der Waals surface area contributed by atoms with E-state index < -0.39 is 29.6 Å². The van der Waals surface area contributed by atoms with Gasteiger partial charge in [-0.3, -0.25) is 14.4 Å². The minimum atomic E-state index is -1.13. The van der Waals surface area contributed by atoms with Crippen LogP contribution in [-0.2, 0) is 14.4 Å². The molecule has 34 heavy (non-hydrogen) atoms. The number of hydrogen-bond donors (Lipinski definition) is 4. The molecular formula is C27H32N2O5. The minimum absolute atomic E-state index is 0.101. The van der Waals surface area contributed by atoms with Gasteiger partial charge in [0.1, 0.15) is 17.4 Å². The highest BCUT2D eigenvalue weighted by Crippen LogP contribution is 2.51. The standard InChI is InChI=1S/C27H32N2O5/c1-16-11-12-19-18-8-3-2-4-10-23(32)28-14-13-22(31)25-26(33)24(27(34)29-25)21(30)9-6-5-7-17(18)15-20(16)19/h2-5,7,10-12,17-20,22,25,31,33H,1,6,8-9,13-15H2,(H,28,32)(H,29,34)/b3-2-,7-5+,10-4+/t17-,18+,19-,20-,22?,25?/m1/s1. The van der Waals surface area contributed by atoms with Gasteiger partial charge in [0.25, 0.3) is 5.91 Å². The number of hydrogen-bond acceptors (Lipinski definition) is 5. The molecule has 180 valence electrons. The zero-order valence-electron chi connectivity index (χ0n) is 19.2. The maximum atomic E-state index is 12.7. The lowest BCUT2D eigenvalue weighted by atomic mass is 9.85. The molecular weight excluding hydrogens is 432 g/mol. The number of nitrogens with one attached hydrogen (secondary N) is 2. The van der Waals surface area contributed by atoms with Crippen molar-refractivity contribution in [3.8, 4) is 0 Å². The van der Waals surface area contributed by atoms with E-state index in [4.69, 9.17) is 0 Å². The second kappa shape index (κ2) is 10.4. The summed E-state index contributed by atoms with van der Waals surface area (Å²) < 4.78 is 0. The van der Waals surface area contributed by atoms with E-state index in [0.29, 0.717) is 30.1 Å². The molecule has 2 heterocycles. The summed E-state index contributed by atoms with van der Waals surface area (Å²) in [4.78, 5) is 37.0. The summed E-state index contributed by atoms with van der Waals surface area (Å²) in [5.74, 6) is -0.214. The molecule has 2 unspecified atom stereocenters. The number of ketones is 1. The van der Waals surface area contributed by atoms with Crippen LogP contribution in [0.1, 0.15) is 32.1 Å². The Morgan fingerprint density at radius 3 is 2.71 bits per heavy atom. The molecule has 2 aliphatic carbocycles. The Morgan fingerprint density at radius 1 is 1.06 bits per heavy atom. The molecule has 2 aliphatic heterocycles. The van der Waals surface area contributed by atoms with Crippen LogP contribution in [0.5, 0.6) is 0 Å². The third-order valence-electron chi connectivity index (χ3n) is 7.34. The van der Waals surface area contributed by atoms with Crippen LogP contribution in [0.15, 0.2) is 72.1 Å². The Hall–Kier alpha value is -3.19. The highest BCUT2D eigenvalue weighted by atomic mass is 16.3. The molecule has 6 atom stereocenters. The number of aliphatic hydroxyl groups excluding tert-OH is 2. The van der Waals surface area contributed by atoms with Gasteiger partial charge in [-0.25, -0.2) is 0 Å². The highest BCUT2D eigenvalue weighted by molar-refractivity contribution is 6.21. The lowest BCUT2D eigenvalue weighted by Crippen LogP contribution is -2.41.